The number of carbonyl (C=O) groups excluding carboxylic acids is 4. The quantitative estimate of drug-likeness (QED) is 0.0940. The predicted octanol–water partition coefficient (Wildman–Crippen LogP) is 3.61. The molecule has 3 rings (SSSR count). The van der Waals surface area contributed by atoms with Gasteiger partial charge in [-0.15, -0.1) is 11.3 Å². The highest BCUT2D eigenvalue weighted by molar-refractivity contribution is 7.14. The van der Waals surface area contributed by atoms with E-state index >= 15 is 0 Å². The van der Waals surface area contributed by atoms with Crippen LogP contribution in [-0.4, -0.2) is 80.9 Å². The number of rotatable bonds is 9. The molecule has 2 heterocycles. The van der Waals surface area contributed by atoms with Crippen LogP contribution >= 0.6 is 11.3 Å². The maximum Gasteiger partial charge on any atom is 0.357 e. The summed E-state index contributed by atoms with van der Waals surface area (Å²) in [5, 5.41) is 30.8. The number of carbonyl (C=O) groups is 4. The number of urea groups is 1. The topological polar surface area (TPSA) is 178 Å². The Morgan fingerprint density at radius 3 is 2.31 bits per heavy atom. The fourth-order valence-electron chi connectivity index (χ4n) is 2.99. The van der Waals surface area contributed by atoms with E-state index in [-0.39, 0.29) is 29.6 Å². The van der Waals surface area contributed by atoms with Crippen LogP contribution in [0.2, 0.25) is 0 Å². The number of allylic oxidation sites excluding steroid dienone is 2. The molecular formula is C29H40N4O8S. The molecule has 13 heteroatoms. The van der Waals surface area contributed by atoms with Gasteiger partial charge in [-0.05, 0) is 25.5 Å². The minimum Gasteiger partial charge on any atom is -0.509 e. The molecule has 42 heavy (non-hydrogen) atoms. The Morgan fingerprint density at radius 1 is 1.26 bits per heavy atom. The lowest BCUT2D eigenvalue weighted by molar-refractivity contribution is -0.133. The highest BCUT2D eigenvalue weighted by Crippen LogP contribution is 2.21. The Hall–Kier alpha value is -4.33. The molecule has 0 spiro atoms. The third-order valence-electron chi connectivity index (χ3n) is 4.90. The lowest BCUT2D eigenvalue weighted by atomic mass is 10.0. The molecule has 1 aromatic heterocycles. The SMILES string of the molecule is C/C=C/[C@H]1NC(=O)N(C(Cc2ccccc2)C(=O)Nc2nc(C(=O)OC)cs2)C1=O.C=CC(=C)O.CC.CC(O)CO. The van der Waals surface area contributed by atoms with Gasteiger partial charge in [0.25, 0.3) is 5.91 Å². The van der Waals surface area contributed by atoms with Crippen LogP contribution < -0.4 is 10.6 Å². The summed E-state index contributed by atoms with van der Waals surface area (Å²) in [5.41, 5.74) is 0.836. The Bertz CT molecular complexity index is 1200. The van der Waals surface area contributed by atoms with Gasteiger partial charge in [0.15, 0.2) is 10.8 Å². The maximum absolute atomic E-state index is 13.1. The van der Waals surface area contributed by atoms with E-state index in [9.17, 15) is 19.2 Å². The van der Waals surface area contributed by atoms with Crippen LogP contribution in [-0.2, 0) is 20.7 Å². The number of nitrogens with one attached hydrogen (secondary N) is 2. The summed E-state index contributed by atoms with van der Waals surface area (Å²) in [5.74, 6) is -1.71. The molecule has 1 aromatic carbocycles. The zero-order valence-corrected chi connectivity index (χ0v) is 25.3. The lowest BCUT2D eigenvalue weighted by Gasteiger charge is -2.24. The van der Waals surface area contributed by atoms with Gasteiger partial charge in [-0.25, -0.2) is 19.5 Å². The van der Waals surface area contributed by atoms with Crippen LogP contribution in [0.25, 0.3) is 0 Å². The molecule has 3 atom stereocenters. The van der Waals surface area contributed by atoms with Crippen molar-refractivity contribution in [2.75, 3.05) is 19.0 Å². The second kappa shape index (κ2) is 20.5. The number of nitrogens with zero attached hydrogens (tertiary/aromatic N) is 2. The Morgan fingerprint density at radius 2 is 1.83 bits per heavy atom. The van der Waals surface area contributed by atoms with E-state index in [0.717, 1.165) is 21.8 Å². The molecule has 0 bridgehead atoms. The summed E-state index contributed by atoms with van der Waals surface area (Å²) >= 11 is 1.04. The van der Waals surface area contributed by atoms with E-state index in [4.69, 9.17) is 15.3 Å². The molecule has 2 aromatic rings. The minimum atomic E-state index is -1.10. The molecule has 1 aliphatic rings. The van der Waals surface area contributed by atoms with Crippen molar-refractivity contribution in [1.82, 2.24) is 15.2 Å². The van der Waals surface area contributed by atoms with Gasteiger partial charge in [-0.2, -0.15) is 0 Å². The number of esters is 1. The van der Waals surface area contributed by atoms with E-state index < -0.39 is 42.0 Å². The second-order valence-electron chi connectivity index (χ2n) is 8.11. The molecule has 1 saturated heterocycles. The van der Waals surface area contributed by atoms with Gasteiger partial charge in [0.1, 0.15) is 17.8 Å². The van der Waals surface area contributed by atoms with Crippen LogP contribution in [0.15, 0.2) is 72.9 Å². The van der Waals surface area contributed by atoms with Gasteiger partial charge < -0.3 is 30.7 Å². The minimum absolute atomic E-state index is 0.0185. The normalized spacial score (nSPS) is 14.9. The Balaban J connectivity index is 0.00000119. The van der Waals surface area contributed by atoms with Crippen molar-refractivity contribution in [3.8, 4) is 0 Å². The average Bonchev–Trinajstić information content (AvgIpc) is 3.57. The van der Waals surface area contributed by atoms with E-state index in [1.54, 1.807) is 31.2 Å². The predicted molar refractivity (Wildman–Crippen MR) is 162 cm³/mol. The fraction of sp³-hybridized carbons (Fsp3) is 0.345. The van der Waals surface area contributed by atoms with Crippen molar-refractivity contribution in [3.63, 3.8) is 0 Å². The molecule has 2 unspecified atom stereocenters. The summed E-state index contributed by atoms with van der Waals surface area (Å²) in [6.45, 7) is 13.4. The first-order chi connectivity index (χ1) is 20.0. The third kappa shape index (κ3) is 12.9. The summed E-state index contributed by atoms with van der Waals surface area (Å²) in [7, 11) is 1.23. The van der Waals surface area contributed by atoms with Gasteiger partial charge in [-0.1, -0.05) is 69.5 Å². The van der Waals surface area contributed by atoms with Crippen LogP contribution in [0.5, 0.6) is 0 Å². The van der Waals surface area contributed by atoms with E-state index in [0.29, 0.717) is 0 Å². The van der Waals surface area contributed by atoms with Crippen molar-refractivity contribution in [2.45, 2.75) is 52.3 Å². The van der Waals surface area contributed by atoms with Crippen LogP contribution in [0, 0.1) is 0 Å². The Labute approximate surface area is 250 Å². The third-order valence-corrected chi connectivity index (χ3v) is 5.66. The number of hydrogen-bond donors (Lipinski definition) is 5. The van der Waals surface area contributed by atoms with Crippen molar-refractivity contribution in [3.05, 3.63) is 84.1 Å². The molecule has 0 saturated carbocycles. The van der Waals surface area contributed by atoms with Crippen molar-refractivity contribution in [1.29, 1.82) is 0 Å². The van der Waals surface area contributed by atoms with Gasteiger partial charge in [0, 0.05) is 11.8 Å². The summed E-state index contributed by atoms with van der Waals surface area (Å²) < 4.78 is 4.61. The molecule has 1 aliphatic heterocycles. The first-order valence-corrected chi connectivity index (χ1v) is 13.8. The maximum atomic E-state index is 13.1. The smallest absolute Gasteiger partial charge is 0.357 e. The van der Waals surface area contributed by atoms with Crippen LogP contribution in [0.3, 0.4) is 0 Å². The average molecular weight is 605 g/mol. The van der Waals surface area contributed by atoms with E-state index in [2.05, 4.69) is 33.5 Å². The number of methoxy groups -OCH3 is 1. The molecular weight excluding hydrogens is 564 g/mol. The monoisotopic (exact) mass is 604 g/mol. The number of amides is 4. The summed E-state index contributed by atoms with van der Waals surface area (Å²) in [6, 6.07) is 6.50. The molecule has 4 amide bonds. The highest BCUT2D eigenvalue weighted by Gasteiger charge is 2.43. The number of aliphatic hydroxyl groups is 3. The van der Waals surface area contributed by atoms with Crippen LogP contribution in [0.1, 0.15) is 43.7 Å². The highest BCUT2D eigenvalue weighted by atomic mass is 32.1. The largest absolute Gasteiger partial charge is 0.509 e. The molecule has 5 N–H and O–H groups in total. The standard InChI is InChI=1S/C20H20N4O5S.C4H6O.C3H8O2.C2H6/c1-3-7-13-17(26)24(20(28)22-13)15(10-12-8-5-4-6-9-12)16(25)23-19-21-14(11-30-19)18(27)29-2;1-3-4(2)5;1-3(5)2-4;1-2/h3-9,11,13,15H,10H2,1-2H3,(H,22,28)(H,21,23,25);3,5H,1-2H2;3-5H,2H2,1H3;1-2H3/b7-3+;;;/t13-,15?;;;/m1.../s1. The zero-order valence-electron chi connectivity index (χ0n) is 24.4. The van der Waals surface area contributed by atoms with E-state index in [1.807, 2.05) is 32.0 Å². The fourth-order valence-corrected chi connectivity index (χ4v) is 3.67. The number of aromatic nitrogens is 1. The van der Waals surface area contributed by atoms with Gasteiger partial charge in [0.05, 0.1) is 19.8 Å². The summed E-state index contributed by atoms with van der Waals surface area (Å²) in [6.07, 6.45) is 4.06. The van der Waals surface area contributed by atoms with Crippen molar-refractivity contribution in [2.24, 2.45) is 0 Å². The first kappa shape index (κ1) is 37.7. The number of aliphatic hydroxyl groups excluding tert-OH is 3. The molecule has 1 fully saturated rings. The van der Waals surface area contributed by atoms with Crippen molar-refractivity contribution < 1.29 is 39.2 Å². The summed E-state index contributed by atoms with van der Waals surface area (Å²) in [4.78, 5) is 54.8. The van der Waals surface area contributed by atoms with Gasteiger partial charge >= 0.3 is 12.0 Å². The molecule has 12 nitrogen and oxygen atoms in total. The van der Waals surface area contributed by atoms with Gasteiger partial charge in [0.2, 0.25) is 5.91 Å². The number of hydrogen-bond acceptors (Lipinski definition) is 10. The number of ether oxygens (including phenoxy) is 1. The zero-order chi connectivity index (χ0) is 32.2. The number of anilines is 1. The Kier molecular flexibility index (Phi) is 18.4. The lowest BCUT2D eigenvalue weighted by Crippen LogP contribution is -2.49. The number of imide groups is 1. The number of benzene rings is 1. The van der Waals surface area contributed by atoms with Gasteiger partial charge in [-0.3, -0.25) is 9.59 Å². The molecule has 230 valence electrons. The van der Waals surface area contributed by atoms with E-state index in [1.165, 1.54) is 25.5 Å². The molecule has 0 radical (unpaired) electrons. The molecule has 0 aliphatic carbocycles. The second-order valence-corrected chi connectivity index (χ2v) is 8.97. The number of thiazole rings is 1. The van der Waals surface area contributed by atoms with Crippen LogP contribution in [0.4, 0.5) is 9.93 Å². The first-order valence-electron chi connectivity index (χ1n) is 12.9. The van der Waals surface area contributed by atoms with Crippen molar-refractivity contribution >= 4 is 40.3 Å².